The molecule has 3 rings (SSSR count). The molecule has 0 radical (unpaired) electrons. The van der Waals surface area contributed by atoms with Gasteiger partial charge in [0.15, 0.2) is 0 Å². The highest BCUT2D eigenvalue weighted by Gasteiger charge is 2.32. The van der Waals surface area contributed by atoms with E-state index in [2.05, 4.69) is 9.97 Å². The minimum absolute atomic E-state index is 0.0522. The van der Waals surface area contributed by atoms with E-state index in [0.717, 1.165) is 12.1 Å². The monoisotopic (exact) mass is 371 g/mol. The third-order valence-corrected chi connectivity index (χ3v) is 4.34. The van der Waals surface area contributed by atoms with Crippen molar-refractivity contribution in [2.75, 3.05) is 13.7 Å². The van der Waals surface area contributed by atoms with Crippen LogP contribution in [0.25, 0.3) is 0 Å². The lowest BCUT2D eigenvalue weighted by atomic mass is 10.0. The summed E-state index contributed by atoms with van der Waals surface area (Å²) in [6.45, 7) is 2.27. The molecule has 0 amide bonds. The second-order valence-corrected chi connectivity index (χ2v) is 6.21. The molecular formula is C17H17F4N3O2. The van der Waals surface area contributed by atoms with Crippen LogP contribution in [0.3, 0.4) is 0 Å². The Labute approximate surface area is 146 Å². The maximum atomic E-state index is 14.1. The number of rotatable bonds is 3. The summed E-state index contributed by atoms with van der Waals surface area (Å²) in [7, 11) is 1.48. The fraction of sp³-hybridized carbons (Fsp3) is 0.412. The first-order valence-electron chi connectivity index (χ1n) is 7.89. The van der Waals surface area contributed by atoms with Gasteiger partial charge >= 0.3 is 6.18 Å². The summed E-state index contributed by atoms with van der Waals surface area (Å²) >= 11 is 0. The molecule has 0 bridgehead atoms. The Hall–Kier alpha value is -2.26. The number of methoxy groups -OCH3 is 1. The average molecular weight is 371 g/mol. The summed E-state index contributed by atoms with van der Waals surface area (Å²) < 4.78 is 57.5. The van der Waals surface area contributed by atoms with Crippen LogP contribution in [-0.2, 0) is 24.0 Å². The molecule has 2 heterocycles. The number of hydrogen-bond acceptors (Lipinski definition) is 4. The summed E-state index contributed by atoms with van der Waals surface area (Å²) in [5.74, 6) is -0.464. The molecule has 1 atom stereocenters. The standard InChI is InChI=1S/C17H17F4N3O2/c1-9-22-15-12(16(25)23-9)7-24(8-14(15)26-2)6-10-3-4-11(5-13(10)18)17(19,20)21/h3-5,14H,6-8H2,1-2H3,(H,22,23,25). The van der Waals surface area contributed by atoms with E-state index in [1.54, 1.807) is 11.8 Å². The zero-order chi connectivity index (χ0) is 19.1. The largest absolute Gasteiger partial charge is 0.416 e. The Balaban J connectivity index is 1.87. The molecule has 1 N–H and O–H groups in total. The molecule has 9 heteroatoms. The molecule has 0 spiro atoms. The molecule has 0 saturated heterocycles. The van der Waals surface area contributed by atoms with Crippen molar-refractivity contribution >= 4 is 0 Å². The van der Waals surface area contributed by atoms with Gasteiger partial charge < -0.3 is 9.72 Å². The zero-order valence-electron chi connectivity index (χ0n) is 14.2. The molecule has 0 saturated carbocycles. The minimum Gasteiger partial charge on any atom is -0.374 e. The van der Waals surface area contributed by atoms with E-state index in [1.807, 2.05) is 0 Å². The van der Waals surface area contributed by atoms with E-state index in [9.17, 15) is 22.4 Å². The quantitative estimate of drug-likeness (QED) is 0.843. The van der Waals surface area contributed by atoms with Crippen LogP contribution in [0.15, 0.2) is 23.0 Å². The molecule has 140 valence electrons. The van der Waals surface area contributed by atoms with Crippen molar-refractivity contribution in [1.29, 1.82) is 0 Å². The predicted molar refractivity (Wildman–Crippen MR) is 84.9 cm³/mol. The molecular weight excluding hydrogens is 354 g/mol. The van der Waals surface area contributed by atoms with E-state index in [0.29, 0.717) is 29.7 Å². The maximum absolute atomic E-state index is 14.1. The van der Waals surface area contributed by atoms with Crippen molar-refractivity contribution in [3.63, 3.8) is 0 Å². The lowest BCUT2D eigenvalue weighted by molar-refractivity contribution is -0.137. The second-order valence-electron chi connectivity index (χ2n) is 6.21. The molecule has 26 heavy (non-hydrogen) atoms. The third kappa shape index (κ3) is 3.63. The first-order chi connectivity index (χ1) is 12.2. The Bertz CT molecular complexity index is 879. The van der Waals surface area contributed by atoms with Crippen molar-refractivity contribution < 1.29 is 22.3 Å². The summed E-state index contributed by atoms with van der Waals surface area (Å²) in [6.07, 6.45) is -5.07. The van der Waals surface area contributed by atoms with Crippen LogP contribution in [-0.4, -0.2) is 28.5 Å². The number of H-pyrrole nitrogens is 1. The lowest BCUT2D eigenvalue weighted by Gasteiger charge is -2.32. The van der Waals surface area contributed by atoms with Crippen molar-refractivity contribution in [1.82, 2.24) is 14.9 Å². The lowest BCUT2D eigenvalue weighted by Crippen LogP contribution is -2.39. The number of nitrogens with one attached hydrogen (secondary N) is 1. The molecule has 1 aromatic carbocycles. The Morgan fingerprint density at radius 3 is 2.73 bits per heavy atom. The van der Waals surface area contributed by atoms with Crippen molar-refractivity contribution in [2.45, 2.75) is 32.3 Å². The maximum Gasteiger partial charge on any atom is 0.416 e. The first-order valence-corrected chi connectivity index (χ1v) is 7.89. The average Bonchev–Trinajstić information content (AvgIpc) is 2.55. The van der Waals surface area contributed by atoms with Crippen LogP contribution >= 0.6 is 0 Å². The van der Waals surface area contributed by atoms with Gasteiger partial charge in [-0.15, -0.1) is 0 Å². The summed E-state index contributed by atoms with van der Waals surface area (Å²) in [6, 6.07) is 2.45. The summed E-state index contributed by atoms with van der Waals surface area (Å²) in [5, 5.41) is 0. The number of nitrogens with zero attached hydrogens (tertiary/aromatic N) is 2. The normalized spacial score (nSPS) is 18.0. The van der Waals surface area contributed by atoms with E-state index in [4.69, 9.17) is 4.74 Å². The second kappa shape index (κ2) is 6.81. The molecule has 5 nitrogen and oxygen atoms in total. The van der Waals surface area contributed by atoms with E-state index >= 15 is 0 Å². The van der Waals surface area contributed by atoms with Gasteiger partial charge in [0.05, 0.1) is 16.8 Å². The number of fused-ring (bicyclic) bond motifs is 1. The molecule has 0 aliphatic carbocycles. The summed E-state index contributed by atoms with van der Waals surface area (Å²) in [5.41, 5.74) is -0.257. The highest BCUT2D eigenvalue weighted by Crippen LogP contribution is 2.31. The Kier molecular flexibility index (Phi) is 4.85. The Morgan fingerprint density at radius 1 is 1.38 bits per heavy atom. The number of ether oxygens (including phenoxy) is 1. The number of hydrogen-bond donors (Lipinski definition) is 1. The Morgan fingerprint density at radius 2 is 2.12 bits per heavy atom. The highest BCUT2D eigenvalue weighted by atomic mass is 19.4. The van der Waals surface area contributed by atoms with Crippen LogP contribution in [0, 0.1) is 12.7 Å². The van der Waals surface area contributed by atoms with E-state index < -0.39 is 23.7 Å². The van der Waals surface area contributed by atoms with Crippen LogP contribution in [0.1, 0.15) is 34.3 Å². The predicted octanol–water partition coefficient (Wildman–Crippen LogP) is 2.94. The molecule has 1 aliphatic rings. The highest BCUT2D eigenvalue weighted by molar-refractivity contribution is 5.28. The molecule has 0 fully saturated rings. The number of aromatic amines is 1. The minimum atomic E-state index is -4.60. The van der Waals surface area contributed by atoms with E-state index in [1.165, 1.54) is 7.11 Å². The number of benzene rings is 1. The van der Waals surface area contributed by atoms with Crippen molar-refractivity contribution in [3.8, 4) is 0 Å². The van der Waals surface area contributed by atoms with Gasteiger partial charge in [-0.3, -0.25) is 9.69 Å². The summed E-state index contributed by atoms with van der Waals surface area (Å²) in [4.78, 5) is 20.9. The van der Waals surface area contributed by atoms with Gasteiger partial charge in [-0.25, -0.2) is 9.37 Å². The number of alkyl halides is 3. The van der Waals surface area contributed by atoms with Crippen molar-refractivity contribution in [2.24, 2.45) is 0 Å². The fourth-order valence-electron chi connectivity index (χ4n) is 3.06. The van der Waals surface area contributed by atoms with Crippen LogP contribution in [0.2, 0.25) is 0 Å². The first kappa shape index (κ1) is 18.5. The van der Waals surface area contributed by atoms with Gasteiger partial charge in [0, 0.05) is 32.3 Å². The van der Waals surface area contributed by atoms with E-state index in [-0.39, 0.29) is 24.2 Å². The van der Waals surface area contributed by atoms with Gasteiger partial charge in [0.2, 0.25) is 0 Å². The molecule has 1 aliphatic heterocycles. The molecule has 1 aromatic heterocycles. The zero-order valence-corrected chi connectivity index (χ0v) is 14.2. The fourth-order valence-corrected chi connectivity index (χ4v) is 3.06. The van der Waals surface area contributed by atoms with Crippen molar-refractivity contribution in [3.05, 3.63) is 62.6 Å². The third-order valence-electron chi connectivity index (χ3n) is 4.34. The van der Waals surface area contributed by atoms with Crippen LogP contribution in [0.5, 0.6) is 0 Å². The number of halogens is 4. The van der Waals surface area contributed by atoms with Gasteiger partial charge in [-0.2, -0.15) is 13.2 Å². The molecule has 2 aromatic rings. The number of aromatic nitrogens is 2. The van der Waals surface area contributed by atoms with Gasteiger partial charge in [0.25, 0.3) is 5.56 Å². The van der Waals surface area contributed by atoms with Crippen LogP contribution < -0.4 is 5.56 Å². The van der Waals surface area contributed by atoms with Gasteiger partial charge in [-0.05, 0) is 19.1 Å². The number of aryl methyl sites for hydroxylation is 1. The van der Waals surface area contributed by atoms with Crippen LogP contribution in [0.4, 0.5) is 17.6 Å². The van der Waals surface area contributed by atoms with Gasteiger partial charge in [-0.1, -0.05) is 6.07 Å². The molecule has 1 unspecified atom stereocenters. The smallest absolute Gasteiger partial charge is 0.374 e. The van der Waals surface area contributed by atoms with Gasteiger partial charge in [0.1, 0.15) is 17.7 Å². The SMILES string of the molecule is COC1CN(Cc2ccc(C(F)(F)F)cc2F)Cc2c1nc(C)[nH]c2=O. The topological polar surface area (TPSA) is 58.2 Å².